The van der Waals surface area contributed by atoms with Crippen molar-refractivity contribution >= 4 is 23.1 Å². The van der Waals surface area contributed by atoms with E-state index < -0.39 is 0 Å². The summed E-state index contributed by atoms with van der Waals surface area (Å²) < 4.78 is 13.8. The Kier molecular flexibility index (Phi) is 5.19. The van der Waals surface area contributed by atoms with Crippen LogP contribution in [-0.2, 0) is 11.2 Å². The third-order valence-corrected chi connectivity index (χ3v) is 6.09. The fourth-order valence-corrected chi connectivity index (χ4v) is 4.50. The number of nitrogens with zero attached hydrogens (tertiary/aromatic N) is 4. The van der Waals surface area contributed by atoms with Crippen LogP contribution in [0.15, 0.2) is 36.8 Å². The zero-order valence-electron chi connectivity index (χ0n) is 19.0. The van der Waals surface area contributed by atoms with E-state index in [2.05, 4.69) is 15.4 Å². The van der Waals surface area contributed by atoms with Gasteiger partial charge in [-0.15, -0.1) is 0 Å². The number of amides is 2. The van der Waals surface area contributed by atoms with Crippen molar-refractivity contribution < 1.29 is 19.1 Å². The van der Waals surface area contributed by atoms with E-state index in [1.54, 1.807) is 23.0 Å². The molecule has 9 nitrogen and oxygen atoms in total. The van der Waals surface area contributed by atoms with Crippen LogP contribution in [-0.4, -0.2) is 56.6 Å². The van der Waals surface area contributed by atoms with E-state index >= 15 is 0 Å². The number of hydrogen-bond donors (Lipinski definition) is 1. The lowest BCUT2D eigenvalue weighted by Crippen LogP contribution is -2.25. The van der Waals surface area contributed by atoms with Gasteiger partial charge in [-0.1, -0.05) is 0 Å². The Labute approximate surface area is 191 Å². The number of carbonyl (C=O) groups excluding carboxylic acids is 2. The molecule has 1 fully saturated rings. The molecule has 1 unspecified atom stereocenters. The van der Waals surface area contributed by atoms with Gasteiger partial charge in [0.2, 0.25) is 5.91 Å². The number of likely N-dealkylation sites (tertiary alicyclic amines) is 1. The summed E-state index contributed by atoms with van der Waals surface area (Å²) in [5, 5.41) is 7.17. The average molecular weight is 450 g/mol. The zero-order valence-corrected chi connectivity index (χ0v) is 19.0. The van der Waals surface area contributed by atoms with Crippen molar-refractivity contribution in [3.63, 3.8) is 0 Å². The predicted molar refractivity (Wildman–Crippen MR) is 122 cm³/mol. The van der Waals surface area contributed by atoms with Crippen molar-refractivity contribution in [2.75, 3.05) is 25.0 Å². The SMILES string of the molecule is CCN1CC(COc2cc3c(cc2NC(=O)c2cnn4cccnc24)CC(C)(C)O3)CC1=O. The van der Waals surface area contributed by atoms with Gasteiger partial charge >= 0.3 is 0 Å². The van der Waals surface area contributed by atoms with Crippen LogP contribution in [0.3, 0.4) is 0 Å². The smallest absolute Gasteiger partial charge is 0.261 e. The molecule has 0 saturated carbocycles. The minimum atomic E-state index is -0.325. The van der Waals surface area contributed by atoms with Crippen LogP contribution in [0.25, 0.3) is 5.65 Å². The van der Waals surface area contributed by atoms with Crippen molar-refractivity contribution in [2.24, 2.45) is 5.92 Å². The molecular formula is C24H27N5O4. The monoisotopic (exact) mass is 449 g/mol. The molecule has 5 rings (SSSR count). The second-order valence-electron chi connectivity index (χ2n) is 9.21. The highest BCUT2D eigenvalue weighted by Crippen LogP contribution is 2.41. The number of fused-ring (bicyclic) bond motifs is 2. The molecule has 2 aliphatic rings. The Morgan fingerprint density at radius 2 is 2.21 bits per heavy atom. The van der Waals surface area contributed by atoms with Crippen LogP contribution in [0.5, 0.6) is 11.5 Å². The van der Waals surface area contributed by atoms with Crippen molar-refractivity contribution in [1.82, 2.24) is 19.5 Å². The summed E-state index contributed by atoms with van der Waals surface area (Å²) in [4.78, 5) is 31.3. The van der Waals surface area contributed by atoms with Crippen molar-refractivity contribution in [3.05, 3.63) is 47.9 Å². The first kappa shape index (κ1) is 21.2. The molecule has 0 spiro atoms. The molecule has 33 heavy (non-hydrogen) atoms. The number of carbonyl (C=O) groups is 2. The van der Waals surface area contributed by atoms with E-state index in [1.165, 1.54) is 6.20 Å². The fraction of sp³-hybridized carbons (Fsp3) is 0.417. The number of aromatic nitrogens is 3. The van der Waals surface area contributed by atoms with Crippen LogP contribution < -0.4 is 14.8 Å². The Balaban J connectivity index is 1.40. The minimum Gasteiger partial charge on any atom is -0.491 e. The van der Waals surface area contributed by atoms with Gasteiger partial charge in [0.1, 0.15) is 22.7 Å². The molecule has 3 aromatic rings. The lowest BCUT2D eigenvalue weighted by atomic mass is 10.0. The molecule has 0 aliphatic carbocycles. The highest BCUT2D eigenvalue weighted by molar-refractivity contribution is 6.08. The number of ether oxygens (including phenoxy) is 2. The van der Waals surface area contributed by atoms with Crippen LogP contribution in [0.4, 0.5) is 5.69 Å². The molecule has 1 saturated heterocycles. The lowest BCUT2D eigenvalue weighted by Gasteiger charge is -2.18. The Hall–Kier alpha value is -3.62. The third-order valence-electron chi connectivity index (χ3n) is 6.09. The Morgan fingerprint density at radius 3 is 3.00 bits per heavy atom. The van der Waals surface area contributed by atoms with Crippen LogP contribution in [0.1, 0.15) is 43.1 Å². The van der Waals surface area contributed by atoms with Gasteiger partial charge in [-0.25, -0.2) is 9.50 Å². The van der Waals surface area contributed by atoms with Gasteiger partial charge in [0.05, 0.1) is 18.5 Å². The van der Waals surface area contributed by atoms with E-state index in [0.29, 0.717) is 48.8 Å². The summed E-state index contributed by atoms with van der Waals surface area (Å²) in [7, 11) is 0. The summed E-state index contributed by atoms with van der Waals surface area (Å²) in [5.41, 5.74) is 2.10. The second kappa shape index (κ2) is 8.06. The molecule has 2 amide bonds. The van der Waals surface area contributed by atoms with E-state index in [0.717, 1.165) is 17.7 Å². The van der Waals surface area contributed by atoms with Crippen LogP contribution in [0, 0.1) is 5.92 Å². The summed E-state index contributed by atoms with van der Waals surface area (Å²) in [6, 6.07) is 5.50. The zero-order chi connectivity index (χ0) is 23.2. The number of hydrogen-bond acceptors (Lipinski definition) is 6. The van der Waals surface area contributed by atoms with Gasteiger partial charge in [0.25, 0.3) is 5.91 Å². The molecule has 4 heterocycles. The van der Waals surface area contributed by atoms with E-state index in [4.69, 9.17) is 9.47 Å². The average Bonchev–Trinajstić information content (AvgIpc) is 3.45. The maximum atomic E-state index is 13.1. The van der Waals surface area contributed by atoms with Gasteiger partial charge in [-0.3, -0.25) is 9.59 Å². The maximum absolute atomic E-state index is 13.1. The molecular weight excluding hydrogens is 422 g/mol. The van der Waals surface area contributed by atoms with Gasteiger partial charge < -0.3 is 19.7 Å². The lowest BCUT2D eigenvalue weighted by molar-refractivity contribution is -0.127. The third kappa shape index (κ3) is 4.10. The largest absolute Gasteiger partial charge is 0.491 e. The maximum Gasteiger partial charge on any atom is 0.261 e. The van der Waals surface area contributed by atoms with Gasteiger partial charge in [-0.2, -0.15) is 5.10 Å². The standard InChI is InChI=1S/C24H27N5O4/c1-4-28-13-15(8-21(28)30)14-32-20-10-19-16(11-24(2,3)33-19)9-18(20)27-23(31)17-12-26-29-7-5-6-25-22(17)29/h5-7,9-10,12,15H,4,8,11,13-14H2,1-3H3,(H,27,31). The molecule has 2 aromatic heterocycles. The number of anilines is 1. The highest BCUT2D eigenvalue weighted by atomic mass is 16.5. The molecule has 2 aliphatic heterocycles. The van der Waals surface area contributed by atoms with E-state index in [1.807, 2.05) is 37.8 Å². The first-order chi connectivity index (χ1) is 15.8. The van der Waals surface area contributed by atoms with Gasteiger partial charge in [0, 0.05) is 55.9 Å². The molecule has 0 radical (unpaired) electrons. The highest BCUT2D eigenvalue weighted by Gasteiger charge is 2.33. The molecule has 1 atom stereocenters. The minimum absolute atomic E-state index is 0.107. The molecule has 172 valence electrons. The first-order valence-electron chi connectivity index (χ1n) is 11.2. The fourth-order valence-electron chi connectivity index (χ4n) is 4.50. The predicted octanol–water partition coefficient (Wildman–Crippen LogP) is 2.94. The van der Waals surface area contributed by atoms with Crippen molar-refractivity contribution in [3.8, 4) is 11.5 Å². The van der Waals surface area contributed by atoms with Gasteiger partial charge in [-0.05, 0) is 32.9 Å². The van der Waals surface area contributed by atoms with Gasteiger partial charge in [0.15, 0.2) is 5.65 Å². The van der Waals surface area contributed by atoms with Crippen molar-refractivity contribution in [2.45, 2.75) is 39.2 Å². The summed E-state index contributed by atoms with van der Waals surface area (Å²) in [5.74, 6) is 1.21. The van der Waals surface area contributed by atoms with Crippen LogP contribution >= 0.6 is 0 Å². The Morgan fingerprint density at radius 1 is 1.36 bits per heavy atom. The first-order valence-corrected chi connectivity index (χ1v) is 11.2. The Bertz CT molecular complexity index is 1230. The second-order valence-corrected chi connectivity index (χ2v) is 9.21. The molecule has 1 aromatic carbocycles. The topological polar surface area (TPSA) is 98.1 Å². The summed E-state index contributed by atoms with van der Waals surface area (Å²) in [6.45, 7) is 7.79. The molecule has 1 N–H and O–H groups in total. The summed E-state index contributed by atoms with van der Waals surface area (Å²) >= 11 is 0. The van der Waals surface area contributed by atoms with E-state index in [9.17, 15) is 9.59 Å². The molecule has 0 bridgehead atoms. The normalized spacial score (nSPS) is 18.9. The number of nitrogens with one attached hydrogen (secondary N) is 1. The quantitative estimate of drug-likeness (QED) is 0.621. The molecule has 9 heteroatoms. The van der Waals surface area contributed by atoms with E-state index in [-0.39, 0.29) is 23.3 Å². The van der Waals surface area contributed by atoms with Crippen LogP contribution in [0.2, 0.25) is 0 Å². The van der Waals surface area contributed by atoms with Crippen molar-refractivity contribution in [1.29, 1.82) is 0 Å². The number of rotatable bonds is 6. The summed E-state index contributed by atoms with van der Waals surface area (Å²) in [6.07, 6.45) is 6.07. The number of benzene rings is 1.